The van der Waals surface area contributed by atoms with Gasteiger partial charge in [-0.1, -0.05) is 6.07 Å². The molecule has 0 spiro atoms. The average molecular weight is 249 g/mol. The Kier molecular flexibility index (Phi) is 3.62. The minimum absolute atomic E-state index is 0.0342. The van der Waals surface area contributed by atoms with E-state index in [-0.39, 0.29) is 12.3 Å². The van der Waals surface area contributed by atoms with Gasteiger partial charge in [0, 0.05) is 20.0 Å². The number of benzene rings is 1. The summed E-state index contributed by atoms with van der Waals surface area (Å²) in [6, 6.07) is 5.55. The lowest BCUT2D eigenvalue weighted by molar-refractivity contribution is -0.137. The second-order valence-electron chi connectivity index (χ2n) is 4.21. The van der Waals surface area contributed by atoms with Crippen LogP contribution in [0.5, 0.6) is 0 Å². The van der Waals surface area contributed by atoms with Crippen LogP contribution in [-0.4, -0.2) is 29.8 Å². The summed E-state index contributed by atoms with van der Waals surface area (Å²) in [6.45, 7) is 2.15. The van der Waals surface area contributed by atoms with Crippen molar-refractivity contribution in [2.24, 2.45) is 0 Å². The normalized spacial score (nSPS) is 12.8. The maximum absolute atomic E-state index is 10.8. The van der Waals surface area contributed by atoms with Gasteiger partial charge in [0.2, 0.25) is 0 Å². The molecule has 1 N–H and O–H groups in total. The number of rotatable bonds is 5. The molecule has 1 unspecified atom stereocenters. The topological polar surface area (TPSA) is 72.6 Å². The van der Waals surface area contributed by atoms with E-state index >= 15 is 0 Å². The lowest BCUT2D eigenvalue weighted by Gasteiger charge is -2.13. The molecule has 0 saturated heterocycles. The van der Waals surface area contributed by atoms with E-state index in [9.17, 15) is 4.79 Å². The summed E-state index contributed by atoms with van der Waals surface area (Å²) in [5.41, 5.74) is 2.35. The van der Waals surface area contributed by atoms with Crippen molar-refractivity contribution in [3.63, 3.8) is 0 Å². The highest BCUT2D eigenvalue weighted by molar-refractivity contribution is 5.74. The van der Waals surface area contributed by atoms with Crippen LogP contribution in [-0.2, 0) is 9.53 Å². The first-order valence-electron chi connectivity index (χ1n) is 5.68. The van der Waals surface area contributed by atoms with Crippen molar-refractivity contribution in [3.05, 3.63) is 29.7 Å². The molecular formula is C13H15NO4. The second-order valence-corrected chi connectivity index (χ2v) is 4.21. The summed E-state index contributed by atoms with van der Waals surface area (Å²) in [5.74, 6) is -0.420. The van der Waals surface area contributed by atoms with Crippen molar-refractivity contribution in [2.45, 2.75) is 19.3 Å². The van der Waals surface area contributed by atoms with Crippen molar-refractivity contribution in [1.82, 2.24) is 4.98 Å². The molecule has 5 heteroatoms. The number of nitrogens with zero attached hydrogens (tertiary/aromatic N) is 1. The number of hydrogen-bond donors (Lipinski definition) is 1. The average Bonchev–Trinajstić information content (AvgIpc) is 2.66. The fraction of sp³-hybridized carbons (Fsp3) is 0.385. The van der Waals surface area contributed by atoms with Gasteiger partial charge in [-0.25, -0.2) is 4.98 Å². The molecule has 18 heavy (non-hydrogen) atoms. The zero-order chi connectivity index (χ0) is 13.1. The molecule has 2 aromatic rings. The standard InChI is InChI=1S/C13H15NO4/c1-8-14-11-4-3-9(5-12(11)18-8)10(7-17-2)6-13(15)16/h3-5,10H,6-7H2,1-2H3,(H,15,16). The van der Waals surface area contributed by atoms with E-state index in [1.807, 2.05) is 18.2 Å². The third-order valence-corrected chi connectivity index (χ3v) is 2.78. The highest BCUT2D eigenvalue weighted by Gasteiger charge is 2.17. The summed E-state index contributed by atoms with van der Waals surface area (Å²) in [4.78, 5) is 15.0. The first-order valence-corrected chi connectivity index (χ1v) is 5.68. The van der Waals surface area contributed by atoms with Crippen LogP contribution in [0.2, 0.25) is 0 Å². The first kappa shape index (κ1) is 12.6. The SMILES string of the molecule is COCC(CC(=O)O)c1ccc2nc(C)oc2c1. The molecule has 1 heterocycles. The van der Waals surface area contributed by atoms with Crippen molar-refractivity contribution >= 4 is 17.1 Å². The molecule has 0 fully saturated rings. The molecule has 0 amide bonds. The van der Waals surface area contributed by atoms with Gasteiger partial charge in [-0.3, -0.25) is 4.79 Å². The number of aryl methyl sites for hydroxylation is 1. The van der Waals surface area contributed by atoms with Gasteiger partial charge in [-0.15, -0.1) is 0 Å². The van der Waals surface area contributed by atoms with Crippen LogP contribution in [0.3, 0.4) is 0 Å². The predicted octanol–water partition coefficient (Wildman–Crippen LogP) is 2.34. The highest BCUT2D eigenvalue weighted by atomic mass is 16.5. The number of oxazole rings is 1. The molecule has 1 aromatic heterocycles. The van der Waals surface area contributed by atoms with Crippen LogP contribution in [0.25, 0.3) is 11.1 Å². The van der Waals surface area contributed by atoms with E-state index in [1.165, 1.54) is 0 Å². The van der Waals surface area contributed by atoms with Crippen LogP contribution in [0.15, 0.2) is 22.6 Å². The second kappa shape index (κ2) is 5.18. The van der Waals surface area contributed by atoms with Crippen LogP contribution in [0.1, 0.15) is 23.8 Å². The molecule has 0 radical (unpaired) electrons. The van der Waals surface area contributed by atoms with Gasteiger partial charge in [0.15, 0.2) is 11.5 Å². The quantitative estimate of drug-likeness (QED) is 0.880. The van der Waals surface area contributed by atoms with Crippen LogP contribution < -0.4 is 0 Å². The number of hydrogen-bond acceptors (Lipinski definition) is 4. The Bertz CT molecular complexity index is 561. The smallest absolute Gasteiger partial charge is 0.304 e. The Balaban J connectivity index is 2.33. The summed E-state index contributed by atoms with van der Waals surface area (Å²) < 4.78 is 10.5. The van der Waals surface area contributed by atoms with Gasteiger partial charge < -0.3 is 14.3 Å². The largest absolute Gasteiger partial charge is 0.481 e. The molecule has 0 aliphatic carbocycles. The van der Waals surface area contributed by atoms with Gasteiger partial charge in [-0.05, 0) is 17.7 Å². The zero-order valence-electron chi connectivity index (χ0n) is 10.3. The number of methoxy groups -OCH3 is 1. The molecule has 5 nitrogen and oxygen atoms in total. The minimum Gasteiger partial charge on any atom is -0.481 e. The minimum atomic E-state index is -0.842. The Hall–Kier alpha value is -1.88. The van der Waals surface area contributed by atoms with E-state index in [0.717, 1.165) is 11.1 Å². The number of aliphatic carboxylic acids is 1. The van der Waals surface area contributed by atoms with Gasteiger partial charge in [-0.2, -0.15) is 0 Å². The van der Waals surface area contributed by atoms with Crippen LogP contribution >= 0.6 is 0 Å². The number of carboxylic acid groups (broad SMARTS) is 1. The van der Waals surface area contributed by atoms with E-state index in [1.54, 1.807) is 14.0 Å². The van der Waals surface area contributed by atoms with Crippen molar-refractivity contribution in [3.8, 4) is 0 Å². The maximum atomic E-state index is 10.8. The van der Waals surface area contributed by atoms with Crippen LogP contribution in [0.4, 0.5) is 0 Å². The lowest BCUT2D eigenvalue weighted by Crippen LogP contribution is -2.11. The highest BCUT2D eigenvalue weighted by Crippen LogP contribution is 2.25. The Morgan fingerprint density at radius 3 is 3.00 bits per heavy atom. The van der Waals surface area contributed by atoms with E-state index < -0.39 is 5.97 Å². The number of carboxylic acids is 1. The number of fused-ring (bicyclic) bond motifs is 1. The molecule has 0 bridgehead atoms. The van der Waals surface area contributed by atoms with Gasteiger partial charge in [0.1, 0.15) is 5.52 Å². The van der Waals surface area contributed by atoms with Gasteiger partial charge in [0.25, 0.3) is 0 Å². The number of aromatic nitrogens is 1. The lowest BCUT2D eigenvalue weighted by atomic mass is 9.96. The monoisotopic (exact) mass is 249 g/mol. The molecular weight excluding hydrogens is 234 g/mol. The third-order valence-electron chi connectivity index (χ3n) is 2.78. The Labute approximate surface area is 104 Å². The van der Waals surface area contributed by atoms with E-state index in [0.29, 0.717) is 18.1 Å². The molecule has 1 atom stereocenters. The van der Waals surface area contributed by atoms with Gasteiger partial charge in [0.05, 0.1) is 13.0 Å². The summed E-state index contributed by atoms with van der Waals surface area (Å²) in [5, 5.41) is 8.90. The molecule has 1 aromatic carbocycles. The molecule has 0 aliphatic rings. The zero-order valence-corrected chi connectivity index (χ0v) is 10.3. The fourth-order valence-corrected chi connectivity index (χ4v) is 2.00. The van der Waals surface area contributed by atoms with Crippen molar-refractivity contribution in [2.75, 3.05) is 13.7 Å². The predicted molar refractivity (Wildman–Crippen MR) is 65.6 cm³/mol. The Morgan fingerprint density at radius 2 is 2.33 bits per heavy atom. The molecule has 0 aliphatic heterocycles. The fourth-order valence-electron chi connectivity index (χ4n) is 2.00. The number of carbonyl (C=O) groups is 1. The van der Waals surface area contributed by atoms with E-state index in [2.05, 4.69) is 4.98 Å². The Morgan fingerprint density at radius 1 is 1.56 bits per heavy atom. The van der Waals surface area contributed by atoms with Crippen molar-refractivity contribution in [1.29, 1.82) is 0 Å². The summed E-state index contributed by atoms with van der Waals surface area (Å²) in [6.07, 6.45) is 0.0342. The van der Waals surface area contributed by atoms with Gasteiger partial charge >= 0.3 is 5.97 Å². The first-order chi connectivity index (χ1) is 8.60. The number of ether oxygens (including phenoxy) is 1. The third kappa shape index (κ3) is 2.68. The van der Waals surface area contributed by atoms with Crippen molar-refractivity contribution < 1.29 is 19.1 Å². The summed E-state index contributed by atoms with van der Waals surface area (Å²) >= 11 is 0. The molecule has 96 valence electrons. The molecule has 2 rings (SSSR count). The maximum Gasteiger partial charge on any atom is 0.304 e. The summed E-state index contributed by atoms with van der Waals surface area (Å²) in [7, 11) is 1.56. The van der Waals surface area contributed by atoms with Crippen LogP contribution in [0, 0.1) is 6.92 Å². The van der Waals surface area contributed by atoms with E-state index in [4.69, 9.17) is 14.3 Å². The molecule has 0 saturated carbocycles.